The number of aliphatic hydroxyl groups is 2. The Balaban J connectivity index is 1.84. The van der Waals surface area contributed by atoms with Crippen molar-refractivity contribution < 1.29 is 33.0 Å². The van der Waals surface area contributed by atoms with Gasteiger partial charge in [-0.2, -0.15) is 0 Å². The maximum atomic E-state index is 16.9. The average molecular weight is 445 g/mol. The van der Waals surface area contributed by atoms with E-state index in [9.17, 15) is 24.2 Å². The molecule has 0 aromatic heterocycles. The Morgan fingerprint density at radius 2 is 1.97 bits per heavy atom. The van der Waals surface area contributed by atoms with Crippen LogP contribution in [0.5, 0.6) is 0 Å². The highest BCUT2D eigenvalue weighted by Crippen LogP contribution is 2.71. The van der Waals surface area contributed by atoms with Gasteiger partial charge in [0.2, 0.25) is 5.12 Å². The highest BCUT2D eigenvalue weighted by molar-refractivity contribution is 8.13. The van der Waals surface area contributed by atoms with Crippen molar-refractivity contribution in [2.45, 2.75) is 63.6 Å². The van der Waals surface area contributed by atoms with Crippen molar-refractivity contribution in [3.8, 4) is 0 Å². The summed E-state index contributed by atoms with van der Waals surface area (Å²) in [5.41, 5.74) is -6.91. The number of fused-ring (bicyclic) bond motifs is 5. The van der Waals surface area contributed by atoms with Gasteiger partial charge in [0, 0.05) is 16.7 Å². The molecule has 8 heteroatoms. The number of thioether (sulfide) groups is 1. The van der Waals surface area contributed by atoms with E-state index in [4.69, 9.17) is 0 Å². The molecule has 0 amide bonds. The minimum Gasteiger partial charge on any atom is -0.390 e. The monoisotopic (exact) mass is 444 g/mol. The smallest absolute Gasteiger partial charge is 0.223 e. The molecule has 9 atom stereocenters. The molecular weight excluding hydrogens is 417 g/mol. The van der Waals surface area contributed by atoms with Gasteiger partial charge >= 0.3 is 0 Å². The summed E-state index contributed by atoms with van der Waals surface area (Å²) in [6.45, 7) is 4.79. The third-order valence-electron chi connectivity index (χ3n) is 8.71. The topological polar surface area (TPSA) is 74.6 Å². The van der Waals surface area contributed by atoms with E-state index < -0.39 is 69.0 Å². The van der Waals surface area contributed by atoms with Crippen molar-refractivity contribution in [1.29, 1.82) is 0 Å². The number of hydrogen-bond donors (Lipinski definition) is 2. The fraction of sp³-hybridized carbons (Fsp3) is 0.727. The van der Waals surface area contributed by atoms with Crippen LogP contribution >= 0.6 is 11.8 Å². The highest BCUT2D eigenvalue weighted by atomic mass is 32.2. The molecule has 3 saturated carbocycles. The second kappa shape index (κ2) is 6.69. The first-order chi connectivity index (χ1) is 13.9. The minimum absolute atomic E-state index is 0.0294. The van der Waals surface area contributed by atoms with Crippen LogP contribution < -0.4 is 0 Å². The van der Waals surface area contributed by atoms with E-state index in [0.717, 1.165) is 6.08 Å². The van der Waals surface area contributed by atoms with Gasteiger partial charge in [0.05, 0.1) is 6.10 Å². The fourth-order valence-corrected chi connectivity index (χ4v) is 7.89. The number of halogens is 3. The molecule has 2 N–H and O–H groups in total. The van der Waals surface area contributed by atoms with E-state index in [1.165, 1.54) is 19.1 Å². The van der Waals surface area contributed by atoms with Crippen LogP contribution in [0.2, 0.25) is 0 Å². The van der Waals surface area contributed by atoms with E-state index >= 15 is 8.78 Å². The summed E-state index contributed by atoms with van der Waals surface area (Å²) in [6, 6.07) is -0.995. The number of carbonyl (C=O) groups excluding carboxylic acids is 2. The number of aliphatic hydroxyl groups excluding tert-OH is 1. The zero-order valence-corrected chi connectivity index (χ0v) is 18.0. The molecular formula is C22H27F3O4S. The number of allylic oxidation sites excluding steroid dienone is 4. The van der Waals surface area contributed by atoms with E-state index in [1.807, 2.05) is 0 Å². The zero-order valence-electron chi connectivity index (χ0n) is 17.2. The second-order valence-electron chi connectivity index (χ2n) is 9.80. The first-order valence-electron chi connectivity index (χ1n) is 10.3. The standard InChI is InChI=1S/C22H27F3O4S/c1-11-6-13-14-8-16(24)15-7-12(26)4-5-19(15,2)21(14,25)17(27)9-20(13,3)22(11,29)18(28)30-10-23/h4-5,7,11,13-14,16-17,27,29H,6,8-10H2,1-3H3/t11?,13-,14-,16-,17-,19-,20-,21-,22-/m0/s1. The van der Waals surface area contributed by atoms with Crippen molar-refractivity contribution >= 4 is 22.7 Å². The molecule has 0 saturated heterocycles. The Labute approximate surface area is 178 Å². The predicted octanol–water partition coefficient (Wildman–Crippen LogP) is 3.47. The molecule has 4 rings (SSSR count). The molecule has 0 heterocycles. The van der Waals surface area contributed by atoms with Gasteiger partial charge < -0.3 is 10.2 Å². The fourth-order valence-electron chi connectivity index (χ4n) is 7.13. The number of carbonyl (C=O) groups is 2. The van der Waals surface area contributed by atoms with Crippen LogP contribution in [0.4, 0.5) is 13.2 Å². The lowest BCUT2D eigenvalue weighted by Gasteiger charge is -2.63. The molecule has 0 spiro atoms. The van der Waals surface area contributed by atoms with E-state index in [0.29, 0.717) is 11.8 Å². The van der Waals surface area contributed by atoms with Gasteiger partial charge in [-0.25, -0.2) is 13.2 Å². The second-order valence-corrected chi connectivity index (χ2v) is 10.7. The van der Waals surface area contributed by atoms with Crippen LogP contribution in [0.15, 0.2) is 23.8 Å². The summed E-state index contributed by atoms with van der Waals surface area (Å²) in [6.07, 6.45) is 0.306. The molecule has 30 heavy (non-hydrogen) atoms. The summed E-state index contributed by atoms with van der Waals surface area (Å²) in [5.74, 6) is -2.57. The van der Waals surface area contributed by atoms with Crippen LogP contribution in [0, 0.1) is 28.6 Å². The van der Waals surface area contributed by atoms with Crippen molar-refractivity contribution in [2.75, 3.05) is 6.01 Å². The van der Waals surface area contributed by atoms with Gasteiger partial charge in [-0.05, 0) is 55.7 Å². The first kappa shape index (κ1) is 22.1. The van der Waals surface area contributed by atoms with Crippen molar-refractivity contribution in [3.05, 3.63) is 23.8 Å². The minimum atomic E-state index is -2.26. The molecule has 0 radical (unpaired) electrons. The van der Waals surface area contributed by atoms with Gasteiger partial charge in [-0.3, -0.25) is 9.59 Å². The van der Waals surface area contributed by atoms with Crippen LogP contribution in [0.25, 0.3) is 0 Å². The molecule has 0 bridgehead atoms. The van der Waals surface area contributed by atoms with Gasteiger partial charge in [0.1, 0.15) is 17.8 Å². The van der Waals surface area contributed by atoms with E-state index in [2.05, 4.69) is 0 Å². The summed E-state index contributed by atoms with van der Waals surface area (Å²) < 4.78 is 45.1. The third-order valence-corrected chi connectivity index (χ3v) is 9.39. The Hall–Kier alpha value is -1.12. The number of ketones is 1. The molecule has 0 aliphatic heterocycles. The maximum Gasteiger partial charge on any atom is 0.223 e. The molecule has 4 aliphatic rings. The normalized spacial score (nSPS) is 52.3. The van der Waals surface area contributed by atoms with Crippen LogP contribution in [-0.2, 0) is 9.59 Å². The summed E-state index contributed by atoms with van der Waals surface area (Å²) in [7, 11) is 0. The third kappa shape index (κ3) is 2.39. The first-order valence-corrected chi connectivity index (χ1v) is 11.3. The largest absolute Gasteiger partial charge is 0.390 e. The van der Waals surface area contributed by atoms with Crippen LogP contribution in [-0.4, -0.2) is 50.7 Å². The Morgan fingerprint density at radius 1 is 1.30 bits per heavy atom. The molecule has 4 nitrogen and oxygen atoms in total. The number of hydrogen-bond acceptors (Lipinski definition) is 5. The zero-order chi connectivity index (χ0) is 22.3. The lowest BCUT2D eigenvalue weighted by atomic mass is 9.44. The summed E-state index contributed by atoms with van der Waals surface area (Å²) in [5, 5.41) is 21.9. The summed E-state index contributed by atoms with van der Waals surface area (Å²) in [4.78, 5) is 24.6. The van der Waals surface area contributed by atoms with Gasteiger partial charge in [-0.15, -0.1) is 0 Å². The predicted molar refractivity (Wildman–Crippen MR) is 107 cm³/mol. The van der Waals surface area contributed by atoms with Crippen LogP contribution in [0.1, 0.15) is 40.0 Å². The average Bonchev–Trinajstić information content (AvgIpc) is 2.88. The van der Waals surface area contributed by atoms with E-state index in [1.54, 1.807) is 13.8 Å². The van der Waals surface area contributed by atoms with Crippen molar-refractivity contribution in [1.82, 2.24) is 0 Å². The van der Waals surface area contributed by atoms with Gasteiger partial charge in [0.25, 0.3) is 0 Å². The lowest BCUT2D eigenvalue weighted by Crippen LogP contribution is -2.70. The van der Waals surface area contributed by atoms with Crippen molar-refractivity contribution in [3.63, 3.8) is 0 Å². The van der Waals surface area contributed by atoms with Gasteiger partial charge in [0.15, 0.2) is 11.5 Å². The molecule has 1 unspecified atom stereocenters. The summed E-state index contributed by atoms with van der Waals surface area (Å²) >= 11 is 0.371. The number of rotatable bonds is 2. The maximum absolute atomic E-state index is 16.9. The molecule has 0 aromatic rings. The lowest BCUT2D eigenvalue weighted by molar-refractivity contribution is -0.221. The molecule has 3 fully saturated rings. The number of alkyl halides is 3. The SMILES string of the molecule is CC1C[C@H]2[C@@H]3C[C@H](F)C4=CC(=O)C=C[C@]4(C)[C@@]3(F)[C@@H](O)C[C@]2(C)[C@@]1(O)C(=O)SCF. The molecule has 166 valence electrons. The Morgan fingerprint density at radius 3 is 2.60 bits per heavy atom. The van der Waals surface area contributed by atoms with E-state index in [-0.39, 0.29) is 24.8 Å². The Bertz CT molecular complexity index is 861. The van der Waals surface area contributed by atoms with Crippen LogP contribution in [0.3, 0.4) is 0 Å². The van der Waals surface area contributed by atoms with Gasteiger partial charge in [-0.1, -0.05) is 31.7 Å². The quantitative estimate of drug-likeness (QED) is 0.682. The highest BCUT2D eigenvalue weighted by Gasteiger charge is 2.76. The molecule has 0 aromatic carbocycles. The Kier molecular flexibility index (Phi) is 4.92. The molecule has 4 aliphatic carbocycles. The van der Waals surface area contributed by atoms with Crippen molar-refractivity contribution in [2.24, 2.45) is 28.6 Å².